The molecule has 0 spiro atoms. The molecule has 6 fully saturated rings. The van der Waals surface area contributed by atoms with Gasteiger partial charge in [-0.3, -0.25) is 29.1 Å². The van der Waals surface area contributed by atoms with Crippen LogP contribution < -0.4 is 21.3 Å². The highest BCUT2D eigenvalue weighted by Crippen LogP contribution is 2.62. The zero-order valence-electron chi connectivity index (χ0n) is 37.1. The van der Waals surface area contributed by atoms with E-state index in [1.807, 2.05) is 74.8 Å². The first-order chi connectivity index (χ1) is 30.8. The van der Waals surface area contributed by atoms with E-state index in [-0.39, 0.29) is 22.6 Å². The average Bonchev–Trinajstić information content (AvgIpc) is 4.19. The van der Waals surface area contributed by atoms with Crippen molar-refractivity contribution in [2.45, 2.75) is 129 Å². The van der Waals surface area contributed by atoms with Crippen molar-refractivity contribution in [2.75, 3.05) is 23.7 Å². The van der Waals surface area contributed by atoms with Crippen LogP contribution in [0.5, 0.6) is 0 Å². The van der Waals surface area contributed by atoms with E-state index in [4.69, 9.17) is 0 Å². The Kier molecular flexibility index (Phi) is 10.8. The second kappa shape index (κ2) is 16.2. The molecule has 12 nitrogen and oxygen atoms in total. The lowest BCUT2D eigenvalue weighted by molar-refractivity contribution is -0.149. The Balaban J connectivity index is 0.786. The van der Waals surface area contributed by atoms with Gasteiger partial charge in [0, 0.05) is 49.9 Å². The van der Waals surface area contributed by atoms with Crippen LogP contribution in [-0.4, -0.2) is 57.0 Å². The van der Waals surface area contributed by atoms with Crippen molar-refractivity contribution in [3.8, 4) is 11.1 Å². The number of rotatable bonds is 17. The van der Waals surface area contributed by atoms with Crippen molar-refractivity contribution in [1.82, 2.24) is 20.6 Å². The van der Waals surface area contributed by atoms with Gasteiger partial charge in [-0.1, -0.05) is 24.3 Å². The maximum Gasteiger partial charge on any atom is 0.309 e. The maximum atomic E-state index is 13.8. The lowest BCUT2D eigenvalue weighted by Crippen LogP contribution is -2.30. The molecule has 64 heavy (non-hydrogen) atoms. The molecule has 6 aliphatic rings. The van der Waals surface area contributed by atoms with Crippen molar-refractivity contribution in [3.63, 3.8) is 0 Å². The van der Waals surface area contributed by atoms with Crippen LogP contribution >= 0.6 is 0 Å². The van der Waals surface area contributed by atoms with Gasteiger partial charge < -0.3 is 31.5 Å². The summed E-state index contributed by atoms with van der Waals surface area (Å²) in [6, 6.07) is 15.6. The third kappa shape index (κ3) is 7.90. The molecule has 2 aromatic carbocycles. The first-order valence-electron chi connectivity index (χ1n) is 23.5. The number of hydrogen-bond acceptors (Lipinski definition) is 8. The minimum atomic E-state index is -0.640. The molecule has 10 rings (SSSR count). The van der Waals surface area contributed by atoms with Crippen LogP contribution in [0.2, 0.25) is 0 Å². The quantitative estimate of drug-likeness (QED) is 0.0599. The number of aliphatic carboxylic acids is 2. The summed E-state index contributed by atoms with van der Waals surface area (Å²) in [5.74, 6) is -0.986. The predicted molar refractivity (Wildman–Crippen MR) is 244 cm³/mol. The number of carboxylic acid groups (broad SMARTS) is 2. The predicted octanol–water partition coefficient (Wildman–Crippen LogP) is 9.27. The molecule has 0 aliphatic heterocycles. The van der Waals surface area contributed by atoms with E-state index in [1.54, 1.807) is 0 Å². The molecule has 6 saturated carbocycles. The van der Waals surface area contributed by atoms with Crippen molar-refractivity contribution < 1.29 is 29.4 Å². The SMILES string of the molecule is Cc1c(NC(=O)c2cc(C3CC3)c(CNCC34CCC(C(=O)O)(CC3)C4)cn2)cccc1-c1cccc(NC(=O)c2cc(C3CC3)c(CNCC34CCC(C(=O)O)(CC3)C4)cn2)c1C. The van der Waals surface area contributed by atoms with E-state index in [2.05, 4.69) is 31.2 Å². The lowest BCUT2D eigenvalue weighted by atomic mass is 9.82. The van der Waals surface area contributed by atoms with Gasteiger partial charge in [0.25, 0.3) is 11.8 Å². The van der Waals surface area contributed by atoms with E-state index in [1.165, 1.54) is 0 Å². The number of anilines is 2. The van der Waals surface area contributed by atoms with E-state index >= 15 is 0 Å². The van der Waals surface area contributed by atoms with Gasteiger partial charge in [-0.25, -0.2) is 0 Å². The molecular weight excluding hydrogens is 805 g/mol. The van der Waals surface area contributed by atoms with Crippen LogP contribution in [0.15, 0.2) is 60.9 Å². The minimum Gasteiger partial charge on any atom is -0.481 e. The smallest absolute Gasteiger partial charge is 0.309 e. The Morgan fingerprint density at radius 3 is 1.33 bits per heavy atom. The summed E-state index contributed by atoms with van der Waals surface area (Å²) in [4.78, 5) is 60.8. The fourth-order valence-electron chi connectivity index (χ4n) is 12.2. The van der Waals surface area contributed by atoms with Gasteiger partial charge in [0.2, 0.25) is 0 Å². The summed E-state index contributed by atoms with van der Waals surface area (Å²) in [7, 11) is 0. The number of amides is 2. The molecule has 4 bridgehead atoms. The van der Waals surface area contributed by atoms with Crippen LogP contribution in [0.25, 0.3) is 11.1 Å². The van der Waals surface area contributed by atoms with Crippen LogP contribution in [0.1, 0.15) is 156 Å². The van der Waals surface area contributed by atoms with Crippen molar-refractivity contribution in [1.29, 1.82) is 0 Å². The first-order valence-corrected chi connectivity index (χ1v) is 23.5. The topological polar surface area (TPSA) is 183 Å². The molecule has 12 heteroatoms. The normalized spacial score (nSPS) is 26.6. The molecule has 6 N–H and O–H groups in total. The van der Waals surface area contributed by atoms with Gasteiger partial charge in [0.05, 0.1) is 10.8 Å². The number of benzene rings is 2. The zero-order chi connectivity index (χ0) is 44.4. The molecule has 2 aromatic heterocycles. The lowest BCUT2D eigenvalue weighted by Gasteiger charge is -2.27. The van der Waals surface area contributed by atoms with Crippen LogP contribution in [-0.2, 0) is 22.7 Å². The summed E-state index contributed by atoms with van der Waals surface area (Å²) in [5.41, 5.74) is 9.38. The fraction of sp³-hybridized carbons (Fsp3) is 0.500. The number of fused-ring (bicyclic) bond motifs is 4. The van der Waals surface area contributed by atoms with E-state index < -0.39 is 22.8 Å². The molecule has 6 aliphatic carbocycles. The van der Waals surface area contributed by atoms with Gasteiger partial charge in [0.1, 0.15) is 11.4 Å². The Bertz CT molecular complexity index is 2370. The van der Waals surface area contributed by atoms with Crippen molar-refractivity contribution >= 4 is 35.1 Å². The van der Waals surface area contributed by atoms with Crippen molar-refractivity contribution in [2.24, 2.45) is 21.7 Å². The summed E-state index contributed by atoms with van der Waals surface area (Å²) in [6.45, 7) is 6.87. The molecule has 0 unspecified atom stereocenters. The summed E-state index contributed by atoms with van der Waals surface area (Å²) in [6.07, 6.45) is 16.4. The third-order valence-corrected chi connectivity index (χ3v) is 16.5. The highest BCUT2D eigenvalue weighted by Gasteiger charge is 2.59. The van der Waals surface area contributed by atoms with Gasteiger partial charge in [-0.15, -0.1) is 0 Å². The molecule has 0 radical (unpaired) electrons. The molecular formula is C52H60N6O6. The summed E-state index contributed by atoms with van der Waals surface area (Å²) < 4.78 is 0. The van der Waals surface area contributed by atoms with Crippen molar-refractivity contribution in [3.05, 3.63) is 106 Å². The van der Waals surface area contributed by atoms with E-state index in [9.17, 15) is 29.4 Å². The molecule has 2 amide bonds. The van der Waals surface area contributed by atoms with Gasteiger partial charge in [-0.2, -0.15) is 0 Å². The summed E-state index contributed by atoms with van der Waals surface area (Å²) in [5, 5.41) is 33.2. The van der Waals surface area contributed by atoms with Crippen LogP contribution in [0.4, 0.5) is 11.4 Å². The monoisotopic (exact) mass is 864 g/mol. The highest BCUT2D eigenvalue weighted by atomic mass is 16.4. The standard InChI is InChI=1S/C52H60N6O6/c1-31-37(5-3-7-41(31)57-45(59)43-21-39(33-9-10-33)35(25-55-43)23-53-29-49-13-17-51(27-49,18-14-49)47(61)62)38-6-4-8-42(32(38)2)58-46(60)44-22-40(34-11-12-34)36(26-56-44)24-54-30-50-15-19-52(28-50,20-16-50)48(63)64/h3-8,21-22,25-26,33-34,53-54H,9-20,23-24,27-30H2,1-2H3,(H,57,59)(H,58,60)(H,61,62)(H,63,64). The number of carbonyl (C=O) groups is 4. The number of aromatic nitrogens is 2. The third-order valence-electron chi connectivity index (χ3n) is 16.5. The molecule has 334 valence electrons. The van der Waals surface area contributed by atoms with E-state index in [0.29, 0.717) is 47.7 Å². The fourth-order valence-corrected chi connectivity index (χ4v) is 12.2. The number of carbonyl (C=O) groups excluding carboxylic acids is 2. The average molecular weight is 865 g/mol. The van der Waals surface area contributed by atoms with Gasteiger partial charge in [-0.05, 0) is 195 Å². The van der Waals surface area contributed by atoms with Gasteiger partial charge >= 0.3 is 11.9 Å². The molecule has 4 aromatic rings. The van der Waals surface area contributed by atoms with Gasteiger partial charge in [0.15, 0.2) is 0 Å². The highest BCUT2D eigenvalue weighted by molar-refractivity contribution is 6.05. The Morgan fingerprint density at radius 2 is 0.984 bits per heavy atom. The number of nitrogens with one attached hydrogen (secondary N) is 4. The molecule has 2 heterocycles. The number of hydrogen-bond donors (Lipinski definition) is 6. The van der Waals surface area contributed by atoms with Crippen LogP contribution in [0, 0.1) is 35.5 Å². The summed E-state index contributed by atoms with van der Waals surface area (Å²) >= 11 is 0. The first kappa shape index (κ1) is 42.5. The number of pyridine rings is 2. The Morgan fingerprint density at radius 1 is 0.594 bits per heavy atom. The second-order valence-corrected chi connectivity index (χ2v) is 20.7. The maximum absolute atomic E-state index is 13.8. The zero-order valence-corrected chi connectivity index (χ0v) is 37.1. The van der Waals surface area contributed by atoms with E-state index in [0.717, 1.165) is 147 Å². The minimum absolute atomic E-state index is 0.0581. The largest absolute Gasteiger partial charge is 0.481 e. The molecule has 0 atom stereocenters. The van der Waals surface area contributed by atoms with Crippen LogP contribution in [0.3, 0.4) is 0 Å². The number of nitrogens with zero attached hydrogens (tertiary/aromatic N) is 2. The second-order valence-electron chi connectivity index (χ2n) is 20.7. The Labute approximate surface area is 374 Å². The Hall–Kier alpha value is -5.46. The number of carboxylic acids is 2. The molecule has 0 saturated heterocycles.